The van der Waals surface area contributed by atoms with E-state index in [0.717, 1.165) is 33.1 Å². The van der Waals surface area contributed by atoms with Gasteiger partial charge in [0.15, 0.2) is 0 Å². The zero-order chi connectivity index (χ0) is 30.6. The number of thiazole rings is 1. The Kier molecular flexibility index (Phi) is 7.85. The summed E-state index contributed by atoms with van der Waals surface area (Å²) in [5, 5.41) is 7.86. The summed E-state index contributed by atoms with van der Waals surface area (Å²) in [6.45, 7) is -0.361. The number of anilines is 2. The SMILES string of the molecule is NS(=O)(=O)c1ccc(NC(=O)Cn2c3c(sc2=O)C(c2cccc(Br)c2)C2C(=O)N(c4ccc(Cl)cc4)C(=O)C2S3)cc1. The molecule has 1 fully saturated rings. The molecule has 0 bridgehead atoms. The van der Waals surface area contributed by atoms with E-state index in [-0.39, 0.29) is 17.3 Å². The molecule has 3 heterocycles. The van der Waals surface area contributed by atoms with E-state index in [1.54, 1.807) is 24.3 Å². The molecule has 4 aromatic rings. The zero-order valence-corrected chi connectivity index (χ0v) is 26.6. The minimum atomic E-state index is -3.90. The van der Waals surface area contributed by atoms with Crippen molar-refractivity contribution >= 4 is 89.7 Å². The van der Waals surface area contributed by atoms with Gasteiger partial charge in [-0.1, -0.05) is 62.8 Å². The molecular formula is C28H20BrClN4O6S3. The first-order valence-electron chi connectivity index (χ1n) is 12.6. The number of thioether (sulfide) groups is 1. The maximum absolute atomic E-state index is 13.9. The Hall–Kier alpha value is -3.27. The fourth-order valence-corrected chi connectivity index (χ4v) is 9.06. The Morgan fingerprint density at radius 3 is 2.35 bits per heavy atom. The number of halogens is 2. The van der Waals surface area contributed by atoms with Crippen molar-refractivity contribution in [3.63, 3.8) is 0 Å². The molecule has 0 spiro atoms. The summed E-state index contributed by atoms with van der Waals surface area (Å²) in [7, 11) is -3.90. The van der Waals surface area contributed by atoms with Crippen LogP contribution in [0.15, 0.2) is 92.0 Å². The van der Waals surface area contributed by atoms with E-state index in [1.165, 1.54) is 33.7 Å². The number of primary sulfonamides is 1. The highest BCUT2D eigenvalue weighted by atomic mass is 79.9. The van der Waals surface area contributed by atoms with Gasteiger partial charge in [-0.05, 0) is 66.2 Å². The number of imide groups is 1. The highest BCUT2D eigenvalue weighted by Gasteiger charge is 2.56. The van der Waals surface area contributed by atoms with Gasteiger partial charge in [0, 0.05) is 26.0 Å². The van der Waals surface area contributed by atoms with Crippen molar-refractivity contribution in [2.75, 3.05) is 10.2 Å². The van der Waals surface area contributed by atoms with Crippen LogP contribution in [-0.4, -0.2) is 36.0 Å². The fraction of sp³-hybridized carbons (Fsp3) is 0.143. The molecule has 3 aromatic carbocycles. The van der Waals surface area contributed by atoms with Crippen molar-refractivity contribution in [3.8, 4) is 0 Å². The van der Waals surface area contributed by atoms with Gasteiger partial charge in [0.05, 0.1) is 21.5 Å². The van der Waals surface area contributed by atoms with E-state index in [1.807, 2.05) is 24.3 Å². The van der Waals surface area contributed by atoms with Crippen molar-refractivity contribution in [2.45, 2.75) is 27.6 Å². The predicted molar refractivity (Wildman–Crippen MR) is 168 cm³/mol. The van der Waals surface area contributed by atoms with Crippen LogP contribution in [0, 0.1) is 5.92 Å². The molecule has 3 amide bonds. The van der Waals surface area contributed by atoms with E-state index in [4.69, 9.17) is 16.7 Å². The number of hydrogen-bond acceptors (Lipinski definition) is 8. The van der Waals surface area contributed by atoms with E-state index in [0.29, 0.717) is 26.3 Å². The van der Waals surface area contributed by atoms with Gasteiger partial charge < -0.3 is 5.32 Å². The Bertz CT molecular complexity index is 1960. The van der Waals surface area contributed by atoms with Gasteiger partial charge in [-0.15, -0.1) is 0 Å². The normalized spacial score (nSPS) is 19.7. The smallest absolute Gasteiger partial charge is 0.308 e. The van der Waals surface area contributed by atoms with Crippen LogP contribution in [0.4, 0.5) is 11.4 Å². The maximum atomic E-state index is 13.9. The van der Waals surface area contributed by atoms with Crippen LogP contribution >= 0.6 is 50.6 Å². The molecule has 0 aliphatic carbocycles. The second kappa shape index (κ2) is 11.3. The van der Waals surface area contributed by atoms with Gasteiger partial charge in [-0.25, -0.2) is 18.5 Å². The number of nitrogens with two attached hydrogens (primary N) is 1. The minimum Gasteiger partial charge on any atom is -0.325 e. The Morgan fingerprint density at radius 2 is 1.70 bits per heavy atom. The summed E-state index contributed by atoms with van der Waals surface area (Å²) in [6.07, 6.45) is 0. The monoisotopic (exact) mass is 718 g/mol. The van der Waals surface area contributed by atoms with E-state index < -0.39 is 43.8 Å². The third-order valence-corrected chi connectivity index (χ3v) is 11.4. The zero-order valence-electron chi connectivity index (χ0n) is 21.8. The quantitative estimate of drug-likeness (QED) is 0.281. The van der Waals surface area contributed by atoms with Crippen LogP contribution in [0.25, 0.3) is 0 Å². The molecule has 1 saturated heterocycles. The van der Waals surface area contributed by atoms with Gasteiger partial charge in [-0.3, -0.25) is 23.7 Å². The average molecular weight is 720 g/mol. The van der Waals surface area contributed by atoms with Gasteiger partial charge in [-0.2, -0.15) is 0 Å². The number of hydrogen-bond donors (Lipinski definition) is 2. The number of carbonyl (C=O) groups is 3. The van der Waals surface area contributed by atoms with Crippen LogP contribution in [0.3, 0.4) is 0 Å². The Balaban J connectivity index is 1.37. The lowest BCUT2D eigenvalue weighted by Crippen LogP contribution is -2.33. The van der Waals surface area contributed by atoms with Crippen molar-refractivity contribution in [1.29, 1.82) is 0 Å². The Morgan fingerprint density at radius 1 is 1.00 bits per heavy atom. The number of aromatic nitrogens is 1. The largest absolute Gasteiger partial charge is 0.325 e. The standard InChI is InChI=1S/C28H20BrClN4O6S3/c29-15-3-1-2-14(12-15)21-22-23(26(37)34(25(22)36)18-8-4-16(30)5-9-18)41-27-24(21)42-28(38)33(27)13-20(35)32-17-6-10-19(11-7-17)43(31,39)40/h1-12,21-23H,13H2,(H,32,35)(H2,31,39,40). The molecule has 3 N–H and O–H groups in total. The number of fused-ring (bicyclic) bond motifs is 2. The molecule has 43 heavy (non-hydrogen) atoms. The van der Waals surface area contributed by atoms with Crippen LogP contribution in [-0.2, 0) is 31.0 Å². The van der Waals surface area contributed by atoms with Crippen molar-refractivity contribution in [3.05, 3.63) is 102 Å². The molecule has 3 unspecified atom stereocenters. The summed E-state index contributed by atoms with van der Waals surface area (Å²) in [5.41, 5.74) is 1.46. The van der Waals surface area contributed by atoms with E-state index in [2.05, 4.69) is 21.2 Å². The second-order valence-corrected chi connectivity index (χ2v) is 14.9. The number of amides is 3. The van der Waals surface area contributed by atoms with Gasteiger partial charge in [0.2, 0.25) is 27.7 Å². The molecule has 0 radical (unpaired) electrons. The summed E-state index contributed by atoms with van der Waals surface area (Å²) in [6, 6.07) is 19.1. The van der Waals surface area contributed by atoms with Gasteiger partial charge in [0.25, 0.3) is 0 Å². The first-order valence-corrected chi connectivity index (χ1v) is 17.1. The third-order valence-electron chi connectivity index (χ3n) is 7.11. The third kappa shape index (κ3) is 5.58. The van der Waals surface area contributed by atoms with Crippen molar-refractivity contribution < 1.29 is 22.8 Å². The number of nitrogens with zero attached hydrogens (tertiary/aromatic N) is 2. The first kappa shape index (κ1) is 29.8. The highest BCUT2D eigenvalue weighted by Crippen LogP contribution is 2.54. The molecule has 2 aliphatic rings. The van der Waals surface area contributed by atoms with E-state index >= 15 is 0 Å². The van der Waals surface area contributed by atoms with Gasteiger partial charge in [0.1, 0.15) is 11.8 Å². The topological polar surface area (TPSA) is 149 Å². The van der Waals surface area contributed by atoms with Crippen LogP contribution < -0.4 is 20.2 Å². The second-order valence-electron chi connectivity index (χ2n) is 9.83. The minimum absolute atomic E-state index is 0.110. The summed E-state index contributed by atoms with van der Waals surface area (Å²) in [5.74, 6) is -2.73. The first-order chi connectivity index (χ1) is 20.4. The molecule has 2 aliphatic heterocycles. The lowest BCUT2D eigenvalue weighted by molar-refractivity contribution is -0.122. The molecular weight excluding hydrogens is 700 g/mol. The number of rotatable bonds is 6. The molecule has 0 saturated carbocycles. The molecule has 10 nitrogen and oxygen atoms in total. The Labute approximate surface area is 267 Å². The molecule has 220 valence electrons. The summed E-state index contributed by atoms with van der Waals surface area (Å²) < 4.78 is 25.1. The van der Waals surface area contributed by atoms with Crippen LogP contribution in [0.2, 0.25) is 5.02 Å². The number of sulfonamides is 1. The molecule has 6 rings (SSSR count). The highest BCUT2D eigenvalue weighted by molar-refractivity contribution is 9.10. The number of nitrogens with one attached hydrogen (secondary N) is 1. The lowest BCUT2D eigenvalue weighted by atomic mass is 9.83. The van der Waals surface area contributed by atoms with Gasteiger partial charge >= 0.3 is 4.87 Å². The molecule has 1 aromatic heterocycles. The lowest BCUT2D eigenvalue weighted by Gasteiger charge is -2.30. The molecule has 15 heteroatoms. The average Bonchev–Trinajstić information content (AvgIpc) is 3.39. The number of carbonyl (C=O) groups excluding carboxylic acids is 3. The molecule has 3 atom stereocenters. The van der Waals surface area contributed by atoms with Crippen molar-refractivity contribution in [1.82, 2.24) is 4.57 Å². The van der Waals surface area contributed by atoms with Crippen molar-refractivity contribution in [2.24, 2.45) is 11.1 Å². The van der Waals surface area contributed by atoms with Crippen LogP contribution in [0.5, 0.6) is 0 Å². The van der Waals surface area contributed by atoms with Crippen LogP contribution in [0.1, 0.15) is 16.4 Å². The summed E-state index contributed by atoms with van der Waals surface area (Å²) in [4.78, 5) is 55.3. The van der Waals surface area contributed by atoms with E-state index in [9.17, 15) is 27.6 Å². The maximum Gasteiger partial charge on any atom is 0.308 e. The summed E-state index contributed by atoms with van der Waals surface area (Å²) >= 11 is 11.6. The number of benzene rings is 3. The predicted octanol–water partition coefficient (Wildman–Crippen LogP) is 4.41. The fourth-order valence-electron chi connectivity index (χ4n) is 5.23.